The monoisotopic (exact) mass is 667 g/mol. The van der Waals surface area contributed by atoms with Gasteiger partial charge in [-0.1, -0.05) is 60.7 Å². The standard InChI is InChI=1S/C14H11I.C14H13N.HI.K/c2*15-14-3-1-2-11(9-14)13-7-5-10-4-6-12(10)8-13;;/h1-3,5,7-9H,4,6H2;1-3,5,7-9H,4,6,15H2;1H;/q;;;+1/p-1. The molecule has 4 aromatic carbocycles. The van der Waals surface area contributed by atoms with Gasteiger partial charge in [0.1, 0.15) is 0 Å². The van der Waals surface area contributed by atoms with Crippen LogP contribution < -0.4 is 81.1 Å². The van der Waals surface area contributed by atoms with Crippen LogP contribution in [-0.2, 0) is 25.7 Å². The van der Waals surface area contributed by atoms with E-state index in [2.05, 4.69) is 89.3 Å². The third-order valence-corrected chi connectivity index (χ3v) is 6.79. The van der Waals surface area contributed by atoms with Gasteiger partial charge in [0.15, 0.2) is 0 Å². The van der Waals surface area contributed by atoms with Crippen LogP contribution >= 0.6 is 22.6 Å². The van der Waals surface area contributed by atoms with Crippen LogP contribution in [0.15, 0.2) is 84.9 Å². The summed E-state index contributed by atoms with van der Waals surface area (Å²) in [5.41, 5.74) is 17.8. The molecule has 0 amide bonds. The van der Waals surface area contributed by atoms with Crippen LogP contribution in [0, 0.1) is 3.57 Å². The van der Waals surface area contributed by atoms with E-state index in [1.807, 2.05) is 18.2 Å². The molecule has 2 aliphatic carbocycles. The molecule has 0 saturated carbocycles. The predicted octanol–water partition coefficient (Wildman–Crippen LogP) is 1.10. The first-order chi connectivity index (χ1) is 14.7. The molecule has 2 N–H and O–H groups in total. The molecule has 0 saturated heterocycles. The Morgan fingerprint density at radius 2 is 1.00 bits per heavy atom. The van der Waals surface area contributed by atoms with E-state index in [0.717, 1.165) is 5.69 Å². The average Bonchev–Trinajstić information content (AvgIpc) is 2.70. The Balaban J connectivity index is 0.000000170. The van der Waals surface area contributed by atoms with E-state index in [1.165, 1.54) is 73.8 Å². The molecule has 0 atom stereocenters. The van der Waals surface area contributed by atoms with E-state index in [1.54, 1.807) is 0 Å². The molecule has 0 spiro atoms. The normalized spacial score (nSPS) is 12.3. The fraction of sp³-hybridized carbons (Fsp3) is 0.143. The van der Waals surface area contributed by atoms with Crippen molar-refractivity contribution in [1.82, 2.24) is 0 Å². The van der Waals surface area contributed by atoms with Crippen LogP contribution in [0.4, 0.5) is 5.69 Å². The van der Waals surface area contributed by atoms with Gasteiger partial charge in [0.2, 0.25) is 0 Å². The minimum atomic E-state index is 0. The van der Waals surface area contributed by atoms with Gasteiger partial charge in [-0.25, -0.2) is 0 Å². The smallest absolute Gasteiger partial charge is 1.00 e. The summed E-state index contributed by atoms with van der Waals surface area (Å²) in [7, 11) is 0. The van der Waals surface area contributed by atoms with Crippen LogP contribution in [0.1, 0.15) is 22.3 Å². The zero-order valence-electron chi connectivity index (χ0n) is 18.2. The number of rotatable bonds is 2. The van der Waals surface area contributed by atoms with Crippen molar-refractivity contribution in [2.24, 2.45) is 0 Å². The molecule has 32 heavy (non-hydrogen) atoms. The van der Waals surface area contributed by atoms with Crippen LogP contribution in [0.25, 0.3) is 22.3 Å². The van der Waals surface area contributed by atoms with Gasteiger partial charge in [-0.3, -0.25) is 0 Å². The maximum Gasteiger partial charge on any atom is 1.00 e. The van der Waals surface area contributed by atoms with Gasteiger partial charge in [-0.2, -0.15) is 0 Å². The molecule has 4 aromatic rings. The van der Waals surface area contributed by atoms with Crippen molar-refractivity contribution in [3.8, 4) is 22.3 Å². The van der Waals surface area contributed by atoms with Crippen molar-refractivity contribution in [2.45, 2.75) is 25.7 Å². The topological polar surface area (TPSA) is 26.0 Å². The summed E-state index contributed by atoms with van der Waals surface area (Å²) in [4.78, 5) is 0. The maximum atomic E-state index is 5.78. The fourth-order valence-electron chi connectivity index (χ4n) is 4.14. The minimum Gasteiger partial charge on any atom is -1.00 e. The number of nitrogens with two attached hydrogens (primary N) is 1. The molecule has 0 unspecified atom stereocenters. The van der Waals surface area contributed by atoms with Crippen molar-refractivity contribution in [3.05, 3.63) is 111 Å². The number of aryl methyl sites for hydroxylation is 4. The third kappa shape index (κ3) is 6.06. The number of benzene rings is 4. The number of fused-ring (bicyclic) bond motifs is 2. The summed E-state index contributed by atoms with van der Waals surface area (Å²) in [6.07, 6.45) is 4.99. The van der Waals surface area contributed by atoms with Gasteiger partial charge >= 0.3 is 51.4 Å². The minimum absolute atomic E-state index is 0. The quantitative estimate of drug-likeness (QED) is 0.194. The second kappa shape index (κ2) is 12.0. The Bertz CT molecular complexity index is 1140. The van der Waals surface area contributed by atoms with Gasteiger partial charge in [-0.05, 0) is 117 Å². The van der Waals surface area contributed by atoms with E-state index >= 15 is 0 Å². The first-order valence-electron chi connectivity index (χ1n) is 10.5. The molecule has 6 rings (SSSR count). The largest absolute Gasteiger partial charge is 1.00 e. The molecule has 2 aliphatic rings. The first-order valence-corrected chi connectivity index (χ1v) is 11.6. The van der Waals surface area contributed by atoms with Crippen molar-refractivity contribution >= 4 is 28.3 Å². The fourth-order valence-corrected chi connectivity index (χ4v) is 4.68. The number of halogens is 2. The number of nitrogen functional groups attached to an aromatic ring is 1. The van der Waals surface area contributed by atoms with Crippen molar-refractivity contribution in [1.29, 1.82) is 0 Å². The number of hydrogen-bond acceptors (Lipinski definition) is 1. The van der Waals surface area contributed by atoms with Gasteiger partial charge in [0.05, 0.1) is 0 Å². The SMILES string of the molecule is Ic1cccc(-c2ccc3c(c2)CC3)c1.Nc1cccc(-c2ccc3c(c2)CC3)c1.[I-].[K+]. The number of anilines is 1. The summed E-state index contributed by atoms with van der Waals surface area (Å²) in [6, 6.07) is 30.3. The molecule has 0 aliphatic heterocycles. The van der Waals surface area contributed by atoms with E-state index in [0.29, 0.717) is 0 Å². The molecule has 4 heteroatoms. The van der Waals surface area contributed by atoms with E-state index < -0.39 is 0 Å². The van der Waals surface area contributed by atoms with Crippen LogP contribution in [-0.4, -0.2) is 0 Å². The first kappa shape index (κ1) is 26.4. The van der Waals surface area contributed by atoms with E-state index in [9.17, 15) is 0 Å². The zero-order valence-corrected chi connectivity index (χ0v) is 25.7. The molecule has 0 aromatic heterocycles. The van der Waals surface area contributed by atoms with Crippen molar-refractivity contribution < 1.29 is 75.4 Å². The molecule has 0 radical (unpaired) electrons. The summed E-state index contributed by atoms with van der Waals surface area (Å²) >= 11 is 2.36. The predicted molar refractivity (Wildman–Crippen MR) is 136 cm³/mol. The molecule has 1 nitrogen and oxygen atoms in total. The van der Waals surface area contributed by atoms with Crippen LogP contribution in [0.2, 0.25) is 0 Å². The molecular weight excluding hydrogens is 643 g/mol. The maximum absolute atomic E-state index is 5.78. The summed E-state index contributed by atoms with van der Waals surface area (Å²) in [5.74, 6) is 0. The van der Waals surface area contributed by atoms with Crippen molar-refractivity contribution in [3.63, 3.8) is 0 Å². The Morgan fingerprint density at radius 1 is 0.531 bits per heavy atom. The molecule has 0 heterocycles. The number of hydrogen-bond donors (Lipinski definition) is 1. The average molecular weight is 667 g/mol. The van der Waals surface area contributed by atoms with Gasteiger partial charge in [-0.15, -0.1) is 0 Å². The second-order valence-electron chi connectivity index (χ2n) is 8.10. The Labute approximate surface area is 264 Å². The van der Waals surface area contributed by atoms with Crippen LogP contribution in [0.5, 0.6) is 0 Å². The Kier molecular flexibility index (Phi) is 9.86. The van der Waals surface area contributed by atoms with E-state index in [-0.39, 0.29) is 75.4 Å². The molecule has 0 bridgehead atoms. The summed E-state index contributed by atoms with van der Waals surface area (Å²) < 4.78 is 1.30. The van der Waals surface area contributed by atoms with Gasteiger partial charge in [0, 0.05) is 9.26 Å². The zero-order chi connectivity index (χ0) is 20.5. The van der Waals surface area contributed by atoms with Crippen LogP contribution in [0.3, 0.4) is 0 Å². The van der Waals surface area contributed by atoms with Gasteiger partial charge in [0.25, 0.3) is 0 Å². The summed E-state index contributed by atoms with van der Waals surface area (Å²) in [5, 5.41) is 0. The third-order valence-electron chi connectivity index (χ3n) is 6.12. The summed E-state index contributed by atoms with van der Waals surface area (Å²) in [6.45, 7) is 0. The molecule has 156 valence electrons. The van der Waals surface area contributed by atoms with E-state index in [4.69, 9.17) is 5.73 Å². The Hall–Kier alpha value is -0.224. The molecular formula is C28H24I2KN. The molecule has 0 fully saturated rings. The second-order valence-corrected chi connectivity index (χ2v) is 9.35. The van der Waals surface area contributed by atoms with Crippen molar-refractivity contribution in [2.75, 3.05) is 5.73 Å². The van der Waals surface area contributed by atoms with Gasteiger partial charge < -0.3 is 29.7 Å². The Morgan fingerprint density at radius 3 is 1.44 bits per heavy atom.